The Labute approximate surface area is 74.8 Å². The first kappa shape index (κ1) is 8.06. The number of fused-ring (bicyclic) bond motifs is 1. The zero-order valence-electron chi connectivity index (χ0n) is 8.01. The Balaban J connectivity index is 2.18. The molecule has 0 unspecified atom stereocenters. The smallest absolute Gasteiger partial charge is 0.0230 e. The molecule has 1 fully saturated rings. The normalized spacial score (nSPS) is 30.7. The molecule has 0 spiro atoms. The number of hydrogen-bond donors (Lipinski definition) is 0. The Hall–Kier alpha value is -0.560. The summed E-state index contributed by atoms with van der Waals surface area (Å²) in [6, 6.07) is 0. The molecule has 0 bridgehead atoms. The molecular formula is C11H17N. The topological polar surface area (TPSA) is 3.24 Å². The van der Waals surface area contributed by atoms with Crippen LogP contribution in [0.4, 0.5) is 0 Å². The molecule has 0 saturated carbocycles. The van der Waals surface area contributed by atoms with Crippen molar-refractivity contribution < 1.29 is 0 Å². The molecule has 0 aromatic rings. The second-order valence-corrected chi connectivity index (χ2v) is 4.12. The SMILES string of the molecule is C[C@@H]1C=C2CN(C)CCC2=CC1. The highest BCUT2D eigenvalue weighted by atomic mass is 15.1. The zero-order valence-corrected chi connectivity index (χ0v) is 8.01. The standard InChI is InChI=1S/C11H17N/c1-9-3-4-10-5-6-12(2)8-11(10)7-9/h4,7,9H,3,5-6,8H2,1-2H3/t9-/m0/s1. The first-order chi connectivity index (χ1) is 5.75. The average molecular weight is 163 g/mol. The first-order valence-corrected chi connectivity index (χ1v) is 4.84. The van der Waals surface area contributed by atoms with E-state index in [9.17, 15) is 0 Å². The molecule has 1 aliphatic carbocycles. The van der Waals surface area contributed by atoms with E-state index in [1.54, 1.807) is 11.1 Å². The molecule has 1 aliphatic heterocycles. The lowest BCUT2D eigenvalue weighted by atomic mass is 9.87. The van der Waals surface area contributed by atoms with Crippen molar-refractivity contribution in [3.8, 4) is 0 Å². The maximum Gasteiger partial charge on any atom is 0.0230 e. The van der Waals surface area contributed by atoms with Crippen molar-refractivity contribution in [3.05, 3.63) is 23.3 Å². The monoisotopic (exact) mass is 163 g/mol. The van der Waals surface area contributed by atoms with Gasteiger partial charge in [0.05, 0.1) is 0 Å². The van der Waals surface area contributed by atoms with Crippen LogP contribution in [0.2, 0.25) is 0 Å². The van der Waals surface area contributed by atoms with Gasteiger partial charge in [0.15, 0.2) is 0 Å². The van der Waals surface area contributed by atoms with Crippen LogP contribution in [0, 0.1) is 5.92 Å². The van der Waals surface area contributed by atoms with E-state index in [1.807, 2.05) is 0 Å². The highest BCUT2D eigenvalue weighted by Gasteiger charge is 2.18. The van der Waals surface area contributed by atoms with Crippen molar-refractivity contribution in [2.75, 3.05) is 20.1 Å². The van der Waals surface area contributed by atoms with Crippen LogP contribution in [0.15, 0.2) is 23.3 Å². The van der Waals surface area contributed by atoms with E-state index in [-0.39, 0.29) is 0 Å². The van der Waals surface area contributed by atoms with Crippen LogP contribution in [-0.4, -0.2) is 25.0 Å². The van der Waals surface area contributed by atoms with Gasteiger partial charge in [-0.3, -0.25) is 0 Å². The summed E-state index contributed by atoms with van der Waals surface area (Å²) in [4.78, 5) is 2.40. The van der Waals surface area contributed by atoms with E-state index >= 15 is 0 Å². The third-order valence-electron chi connectivity index (χ3n) is 2.84. The van der Waals surface area contributed by atoms with Gasteiger partial charge in [-0.25, -0.2) is 0 Å². The highest BCUT2D eigenvalue weighted by Crippen LogP contribution is 2.28. The van der Waals surface area contributed by atoms with E-state index in [1.165, 1.54) is 19.4 Å². The number of likely N-dealkylation sites (N-methyl/N-ethyl adjacent to an activating group) is 1. The minimum absolute atomic E-state index is 0.759. The average Bonchev–Trinajstić information content (AvgIpc) is 2.03. The van der Waals surface area contributed by atoms with Crippen molar-refractivity contribution in [3.63, 3.8) is 0 Å². The van der Waals surface area contributed by atoms with Crippen molar-refractivity contribution in [2.45, 2.75) is 19.8 Å². The molecule has 0 aromatic carbocycles. The second kappa shape index (κ2) is 3.06. The third-order valence-corrected chi connectivity index (χ3v) is 2.84. The Bertz CT molecular complexity index is 237. The van der Waals surface area contributed by atoms with Gasteiger partial charge in [-0.2, -0.15) is 0 Å². The van der Waals surface area contributed by atoms with Crippen LogP contribution in [0.5, 0.6) is 0 Å². The maximum atomic E-state index is 2.45. The largest absolute Gasteiger partial charge is 0.302 e. The van der Waals surface area contributed by atoms with Gasteiger partial charge in [0.1, 0.15) is 0 Å². The molecular weight excluding hydrogens is 146 g/mol. The van der Waals surface area contributed by atoms with Gasteiger partial charge in [0, 0.05) is 13.1 Å². The van der Waals surface area contributed by atoms with Crippen LogP contribution >= 0.6 is 0 Å². The van der Waals surface area contributed by atoms with Crippen molar-refractivity contribution >= 4 is 0 Å². The Morgan fingerprint density at radius 1 is 1.42 bits per heavy atom. The predicted octanol–water partition coefficient (Wildman–Crippen LogP) is 2.21. The van der Waals surface area contributed by atoms with Crippen LogP contribution in [-0.2, 0) is 0 Å². The Morgan fingerprint density at radius 2 is 2.25 bits per heavy atom. The Morgan fingerprint density at radius 3 is 3.08 bits per heavy atom. The van der Waals surface area contributed by atoms with E-state index in [2.05, 4.69) is 31.0 Å². The molecule has 1 saturated heterocycles. The van der Waals surface area contributed by atoms with Gasteiger partial charge < -0.3 is 4.90 Å². The highest BCUT2D eigenvalue weighted by molar-refractivity contribution is 5.37. The number of allylic oxidation sites excluding steroid dienone is 2. The van der Waals surface area contributed by atoms with Crippen molar-refractivity contribution in [2.24, 2.45) is 5.92 Å². The van der Waals surface area contributed by atoms with Gasteiger partial charge >= 0.3 is 0 Å². The van der Waals surface area contributed by atoms with Gasteiger partial charge in [0.25, 0.3) is 0 Å². The molecule has 1 heterocycles. The summed E-state index contributed by atoms with van der Waals surface area (Å²) in [5.41, 5.74) is 3.20. The van der Waals surface area contributed by atoms with E-state index in [4.69, 9.17) is 0 Å². The van der Waals surface area contributed by atoms with Crippen LogP contribution in [0.25, 0.3) is 0 Å². The maximum absolute atomic E-state index is 2.45. The van der Waals surface area contributed by atoms with E-state index in [0.29, 0.717) is 0 Å². The summed E-state index contributed by atoms with van der Waals surface area (Å²) in [6.45, 7) is 4.70. The summed E-state index contributed by atoms with van der Waals surface area (Å²) in [5.74, 6) is 0.759. The third kappa shape index (κ3) is 1.46. The lowest BCUT2D eigenvalue weighted by molar-refractivity contribution is 0.344. The van der Waals surface area contributed by atoms with E-state index < -0.39 is 0 Å². The summed E-state index contributed by atoms with van der Waals surface area (Å²) in [5, 5.41) is 0. The van der Waals surface area contributed by atoms with Gasteiger partial charge in [0.2, 0.25) is 0 Å². The molecule has 2 aliphatic rings. The van der Waals surface area contributed by atoms with E-state index in [0.717, 1.165) is 12.5 Å². The number of likely N-dealkylation sites (tertiary alicyclic amines) is 1. The van der Waals surface area contributed by atoms with Gasteiger partial charge in [-0.1, -0.05) is 19.1 Å². The predicted molar refractivity (Wildman–Crippen MR) is 52.1 cm³/mol. The fourth-order valence-corrected chi connectivity index (χ4v) is 2.08. The number of nitrogens with zero attached hydrogens (tertiary/aromatic N) is 1. The molecule has 2 rings (SSSR count). The molecule has 0 N–H and O–H groups in total. The van der Waals surface area contributed by atoms with Crippen LogP contribution in [0.1, 0.15) is 19.8 Å². The van der Waals surface area contributed by atoms with Crippen LogP contribution < -0.4 is 0 Å². The quantitative estimate of drug-likeness (QED) is 0.529. The summed E-state index contributed by atoms with van der Waals surface area (Å²) >= 11 is 0. The fraction of sp³-hybridized carbons (Fsp3) is 0.636. The summed E-state index contributed by atoms with van der Waals surface area (Å²) < 4.78 is 0. The van der Waals surface area contributed by atoms with Gasteiger partial charge in [-0.05, 0) is 37.0 Å². The minimum atomic E-state index is 0.759. The lowest BCUT2D eigenvalue weighted by Crippen LogP contribution is -2.29. The summed E-state index contributed by atoms with van der Waals surface area (Å²) in [6.07, 6.45) is 7.40. The molecule has 12 heavy (non-hydrogen) atoms. The van der Waals surface area contributed by atoms with Crippen molar-refractivity contribution in [1.82, 2.24) is 4.90 Å². The number of rotatable bonds is 0. The molecule has 1 atom stereocenters. The molecule has 0 amide bonds. The molecule has 0 radical (unpaired) electrons. The molecule has 1 nitrogen and oxygen atoms in total. The fourth-order valence-electron chi connectivity index (χ4n) is 2.08. The second-order valence-electron chi connectivity index (χ2n) is 4.12. The summed E-state index contributed by atoms with van der Waals surface area (Å²) in [7, 11) is 2.21. The molecule has 66 valence electrons. The molecule has 0 aromatic heterocycles. The number of hydrogen-bond acceptors (Lipinski definition) is 1. The minimum Gasteiger partial charge on any atom is -0.302 e. The zero-order chi connectivity index (χ0) is 8.55. The number of piperidine rings is 1. The van der Waals surface area contributed by atoms with Gasteiger partial charge in [-0.15, -0.1) is 0 Å². The first-order valence-electron chi connectivity index (χ1n) is 4.84. The van der Waals surface area contributed by atoms with Crippen molar-refractivity contribution in [1.29, 1.82) is 0 Å². The Kier molecular flexibility index (Phi) is 2.05. The molecule has 1 heteroatoms. The van der Waals surface area contributed by atoms with Crippen LogP contribution in [0.3, 0.4) is 0 Å². The lowest BCUT2D eigenvalue weighted by Gasteiger charge is -2.30.